The van der Waals surface area contributed by atoms with Crippen molar-refractivity contribution in [3.8, 4) is 17.2 Å². The number of benzene rings is 4. The Balaban J connectivity index is 1.30. The van der Waals surface area contributed by atoms with Gasteiger partial charge in [-0.2, -0.15) is 8.42 Å². The van der Waals surface area contributed by atoms with Gasteiger partial charge in [0.2, 0.25) is 0 Å². The van der Waals surface area contributed by atoms with E-state index in [9.17, 15) is 8.42 Å². The minimum Gasteiger partial charge on any atom is -0.487 e. The van der Waals surface area contributed by atoms with E-state index in [1.807, 2.05) is 116 Å². The monoisotopic (exact) mass is 734 g/mol. The summed E-state index contributed by atoms with van der Waals surface area (Å²) in [5.41, 5.74) is 2.51. The minimum atomic E-state index is -4.31. The molecule has 0 bridgehead atoms. The zero-order valence-corrected chi connectivity index (χ0v) is 30.2. The first-order chi connectivity index (χ1) is 25.4. The first-order valence-electron chi connectivity index (χ1n) is 16.9. The number of rotatable bonds is 14. The van der Waals surface area contributed by atoms with Gasteiger partial charge in [-0.3, -0.25) is 9.97 Å². The molecule has 1 unspecified atom stereocenters. The fourth-order valence-corrected chi connectivity index (χ4v) is 10.8. The van der Waals surface area contributed by atoms with Crippen LogP contribution in [0.2, 0.25) is 0 Å². The van der Waals surface area contributed by atoms with Gasteiger partial charge in [-0.05, 0) is 133 Å². The topological polar surface area (TPSA) is 106 Å². The highest BCUT2D eigenvalue weighted by Gasteiger charge is 2.39. The third-order valence-electron chi connectivity index (χ3n) is 8.35. The molecule has 1 atom stereocenters. The standard InChI is InChI=1S/C41H38N2O7S2/c1-31-10-18-40(19-11-31)52(44,45)50-51(39-24-16-36(17-25-39)49-41-9-6-28-46-41,37-20-12-34(13-21-37)47-29-32-7-2-4-26-42-32)38-22-14-35(15-23-38)48-30-33-8-3-5-27-43-33/h2-5,7-8,10-27,41H,6,9,28-30H2,1H3. The van der Waals surface area contributed by atoms with Crippen LogP contribution in [0.15, 0.2) is 165 Å². The normalized spacial score (nSPS) is 14.8. The van der Waals surface area contributed by atoms with Gasteiger partial charge in [0, 0.05) is 33.5 Å². The van der Waals surface area contributed by atoms with Crippen molar-refractivity contribution in [2.24, 2.45) is 0 Å². The fraction of sp³-hybridized carbons (Fsp3) is 0.171. The first-order valence-corrected chi connectivity index (χ1v) is 19.8. The van der Waals surface area contributed by atoms with E-state index in [1.54, 1.807) is 36.7 Å². The Morgan fingerprint density at radius 3 is 1.54 bits per heavy atom. The SMILES string of the molecule is Cc1ccc(S(=O)(=O)OS(c2ccc(OCc3ccccn3)cc2)(c2ccc(OCc3ccccn3)cc2)c2ccc(OC3CCCO3)cc2)cc1. The molecule has 9 nitrogen and oxygen atoms in total. The van der Waals surface area contributed by atoms with Gasteiger partial charge in [-0.15, -0.1) is 0 Å². The molecule has 0 aliphatic carbocycles. The van der Waals surface area contributed by atoms with E-state index in [-0.39, 0.29) is 24.4 Å². The molecule has 0 spiro atoms. The Kier molecular flexibility index (Phi) is 10.8. The summed E-state index contributed by atoms with van der Waals surface area (Å²) in [6.45, 7) is 3.12. The predicted octanol–water partition coefficient (Wildman–Crippen LogP) is 9.06. The highest BCUT2D eigenvalue weighted by Crippen LogP contribution is 2.70. The van der Waals surface area contributed by atoms with Gasteiger partial charge in [-0.25, -0.2) is 3.63 Å². The van der Waals surface area contributed by atoms with Gasteiger partial charge >= 0.3 is 10.1 Å². The van der Waals surface area contributed by atoms with Crippen molar-refractivity contribution in [1.29, 1.82) is 0 Å². The summed E-state index contributed by atoms with van der Waals surface area (Å²) in [5, 5.41) is 0. The maximum Gasteiger partial charge on any atom is 0.307 e. The number of hydrogen-bond donors (Lipinski definition) is 0. The van der Waals surface area contributed by atoms with E-state index in [2.05, 4.69) is 9.97 Å². The molecule has 0 amide bonds. The molecule has 1 aliphatic rings. The van der Waals surface area contributed by atoms with Crippen LogP contribution in [-0.4, -0.2) is 31.3 Å². The van der Waals surface area contributed by atoms with Crippen LogP contribution in [0, 0.1) is 6.92 Å². The quantitative estimate of drug-likeness (QED) is 0.108. The lowest BCUT2D eigenvalue weighted by Crippen LogP contribution is -2.15. The Morgan fingerprint density at radius 2 is 1.10 bits per heavy atom. The number of aryl methyl sites for hydroxylation is 1. The molecular weight excluding hydrogens is 697 g/mol. The van der Waals surface area contributed by atoms with E-state index in [1.165, 1.54) is 0 Å². The molecular formula is C41H38N2O7S2. The Morgan fingerprint density at radius 1 is 0.615 bits per heavy atom. The zero-order valence-electron chi connectivity index (χ0n) is 28.5. The average Bonchev–Trinajstić information content (AvgIpc) is 3.70. The zero-order chi connectivity index (χ0) is 35.8. The maximum absolute atomic E-state index is 14.3. The average molecular weight is 735 g/mol. The summed E-state index contributed by atoms with van der Waals surface area (Å²) in [7, 11) is -7.28. The van der Waals surface area contributed by atoms with Crippen LogP contribution < -0.4 is 14.2 Å². The molecule has 4 aromatic carbocycles. The molecule has 2 aromatic heterocycles. The molecule has 1 fully saturated rings. The summed E-state index contributed by atoms with van der Waals surface area (Å²) in [6.07, 6.45) is 4.86. The molecule has 6 aromatic rings. The number of ether oxygens (including phenoxy) is 4. The lowest BCUT2D eigenvalue weighted by Gasteiger charge is -2.39. The number of aromatic nitrogens is 2. The van der Waals surface area contributed by atoms with Gasteiger partial charge < -0.3 is 18.9 Å². The van der Waals surface area contributed by atoms with Gasteiger partial charge in [0.15, 0.2) is 6.29 Å². The smallest absolute Gasteiger partial charge is 0.307 e. The third kappa shape index (κ3) is 8.29. The van der Waals surface area contributed by atoms with Crippen molar-refractivity contribution in [2.75, 3.05) is 6.61 Å². The lowest BCUT2D eigenvalue weighted by atomic mass is 10.2. The van der Waals surface area contributed by atoms with Crippen LogP contribution in [0.4, 0.5) is 0 Å². The summed E-state index contributed by atoms with van der Waals surface area (Å²) >= 11 is 0. The molecule has 0 N–H and O–H groups in total. The van der Waals surface area contributed by atoms with E-state index in [4.69, 9.17) is 22.6 Å². The molecule has 1 saturated heterocycles. The lowest BCUT2D eigenvalue weighted by molar-refractivity contribution is -0.0390. The summed E-state index contributed by atoms with van der Waals surface area (Å²) in [6, 6.07) is 40.0. The second-order valence-electron chi connectivity index (χ2n) is 12.1. The van der Waals surface area contributed by atoms with Crippen LogP contribution in [0.1, 0.15) is 29.8 Å². The summed E-state index contributed by atoms with van der Waals surface area (Å²) < 4.78 is 59.1. The van der Waals surface area contributed by atoms with Crippen molar-refractivity contribution >= 4 is 20.4 Å². The van der Waals surface area contributed by atoms with E-state index < -0.39 is 20.4 Å². The molecule has 266 valence electrons. The Hall–Kier alpha value is -5.20. The molecule has 0 saturated carbocycles. The Bertz CT molecular complexity index is 2060. The first kappa shape index (κ1) is 35.2. The molecule has 11 heteroatoms. The minimum absolute atomic E-state index is 0.0546. The Labute approximate surface area is 305 Å². The molecule has 52 heavy (non-hydrogen) atoms. The van der Waals surface area contributed by atoms with Crippen LogP contribution in [0.25, 0.3) is 0 Å². The van der Waals surface area contributed by atoms with Crippen LogP contribution in [-0.2, 0) is 31.7 Å². The van der Waals surface area contributed by atoms with Crippen molar-refractivity contribution < 1.29 is 31.0 Å². The van der Waals surface area contributed by atoms with E-state index in [0.29, 0.717) is 38.5 Å². The van der Waals surface area contributed by atoms with Crippen LogP contribution in [0.3, 0.4) is 0 Å². The third-order valence-corrected chi connectivity index (χ3v) is 13.5. The highest BCUT2D eigenvalue weighted by molar-refractivity contribution is 8.33. The number of hydrogen-bond acceptors (Lipinski definition) is 9. The summed E-state index contributed by atoms with van der Waals surface area (Å²) in [4.78, 5) is 10.7. The van der Waals surface area contributed by atoms with Gasteiger partial charge in [0.1, 0.15) is 30.5 Å². The highest BCUT2D eigenvalue weighted by atomic mass is 32.3. The molecule has 1 aliphatic heterocycles. The molecule has 0 radical (unpaired) electrons. The van der Waals surface area contributed by atoms with Gasteiger partial charge in [0.05, 0.1) is 22.9 Å². The van der Waals surface area contributed by atoms with Crippen molar-refractivity contribution in [1.82, 2.24) is 9.97 Å². The van der Waals surface area contributed by atoms with Crippen LogP contribution in [0.5, 0.6) is 17.2 Å². The number of nitrogens with zero attached hydrogens (tertiary/aromatic N) is 2. The van der Waals surface area contributed by atoms with E-state index >= 15 is 0 Å². The molecule has 7 rings (SSSR count). The summed E-state index contributed by atoms with van der Waals surface area (Å²) in [5.74, 6) is 1.81. The number of pyridine rings is 2. The van der Waals surface area contributed by atoms with Gasteiger partial charge in [-0.1, -0.05) is 29.8 Å². The van der Waals surface area contributed by atoms with Gasteiger partial charge in [0.25, 0.3) is 0 Å². The van der Waals surface area contributed by atoms with Crippen molar-refractivity contribution in [3.63, 3.8) is 0 Å². The predicted molar refractivity (Wildman–Crippen MR) is 198 cm³/mol. The molecule has 3 heterocycles. The second-order valence-corrected chi connectivity index (χ2v) is 16.5. The van der Waals surface area contributed by atoms with Crippen molar-refractivity contribution in [3.05, 3.63) is 163 Å². The van der Waals surface area contributed by atoms with Crippen LogP contribution >= 0.6 is 10.3 Å². The second kappa shape index (κ2) is 16.0. The van der Waals surface area contributed by atoms with Crippen molar-refractivity contribution in [2.45, 2.75) is 58.9 Å². The maximum atomic E-state index is 14.3. The van der Waals surface area contributed by atoms with E-state index in [0.717, 1.165) is 29.8 Å². The fourth-order valence-electron chi connectivity index (χ4n) is 5.64. The largest absolute Gasteiger partial charge is 0.487 e.